The van der Waals surface area contributed by atoms with Crippen molar-refractivity contribution in [3.8, 4) is 0 Å². The molecule has 0 atom stereocenters. The molecule has 0 radical (unpaired) electrons. The summed E-state index contributed by atoms with van der Waals surface area (Å²) in [5, 5.41) is 0. The van der Waals surface area contributed by atoms with Crippen molar-refractivity contribution in [2.24, 2.45) is 0 Å². The zero-order chi connectivity index (χ0) is 12.1. The number of carbonyl (C=O) groups excluding carboxylic acids is 1. The van der Waals surface area contributed by atoms with Gasteiger partial charge in [0.15, 0.2) is 0 Å². The minimum Gasteiger partial charge on any atom is -0.378 e. The fourth-order valence-electron chi connectivity index (χ4n) is 1.42. The summed E-state index contributed by atoms with van der Waals surface area (Å²) >= 11 is 0. The number of anilines is 1. The first kappa shape index (κ1) is 12.6. The third-order valence-corrected chi connectivity index (χ3v) is 2.73. The van der Waals surface area contributed by atoms with Crippen molar-refractivity contribution in [2.45, 2.75) is 13.3 Å². The summed E-state index contributed by atoms with van der Waals surface area (Å²) in [5.74, 6) is 0.116. The molecule has 16 heavy (non-hydrogen) atoms. The maximum Gasteiger partial charge on any atom is 0.219 e. The average Bonchev–Trinajstić information content (AvgIpc) is 2.26. The molecule has 1 amide bonds. The first-order valence-electron chi connectivity index (χ1n) is 5.48. The summed E-state index contributed by atoms with van der Waals surface area (Å²) in [7, 11) is 5.88. The van der Waals surface area contributed by atoms with Crippen molar-refractivity contribution in [2.75, 3.05) is 32.6 Å². The Morgan fingerprint density at radius 2 is 1.69 bits per heavy atom. The van der Waals surface area contributed by atoms with E-state index >= 15 is 0 Å². The molecule has 0 fully saturated rings. The Morgan fingerprint density at radius 3 is 2.12 bits per heavy atom. The zero-order valence-electron chi connectivity index (χ0n) is 10.5. The quantitative estimate of drug-likeness (QED) is 0.772. The number of benzene rings is 1. The van der Waals surface area contributed by atoms with E-state index in [0.717, 1.165) is 13.0 Å². The molecule has 1 rings (SSSR count). The Balaban J connectivity index is 2.52. The molecule has 88 valence electrons. The van der Waals surface area contributed by atoms with Gasteiger partial charge in [-0.15, -0.1) is 0 Å². The lowest BCUT2D eigenvalue weighted by molar-refractivity contribution is -0.127. The summed E-state index contributed by atoms with van der Waals surface area (Å²) in [6.45, 7) is 2.37. The van der Waals surface area contributed by atoms with Gasteiger partial charge in [0.2, 0.25) is 5.91 Å². The maximum atomic E-state index is 11.0. The number of carbonyl (C=O) groups is 1. The highest BCUT2D eigenvalue weighted by Crippen LogP contribution is 2.12. The van der Waals surface area contributed by atoms with Crippen LogP contribution in [0.5, 0.6) is 0 Å². The van der Waals surface area contributed by atoms with Crippen molar-refractivity contribution >= 4 is 11.6 Å². The fourth-order valence-corrected chi connectivity index (χ4v) is 1.42. The van der Waals surface area contributed by atoms with Crippen LogP contribution >= 0.6 is 0 Å². The molecule has 0 spiro atoms. The van der Waals surface area contributed by atoms with E-state index in [1.165, 1.54) is 11.3 Å². The highest BCUT2D eigenvalue weighted by Gasteiger charge is 2.02. The zero-order valence-corrected chi connectivity index (χ0v) is 10.5. The molecule has 0 saturated carbocycles. The van der Waals surface area contributed by atoms with Gasteiger partial charge in [-0.05, 0) is 24.1 Å². The van der Waals surface area contributed by atoms with Gasteiger partial charge >= 0.3 is 0 Å². The average molecular weight is 220 g/mol. The minimum absolute atomic E-state index is 0.116. The molecular weight excluding hydrogens is 200 g/mol. The van der Waals surface area contributed by atoms with Crippen LogP contribution in [0.4, 0.5) is 5.69 Å². The van der Waals surface area contributed by atoms with E-state index in [0.29, 0.717) is 0 Å². The fraction of sp³-hybridized carbons (Fsp3) is 0.462. The number of hydrogen-bond acceptors (Lipinski definition) is 2. The maximum absolute atomic E-state index is 11.0. The van der Waals surface area contributed by atoms with Crippen LogP contribution in [0, 0.1) is 0 Å². The monoisotopic (exact) mass is 220 g/mol. The van der Waals surface area contributed by atoms with E-state index in [2.05, 4.69) is 29.2 Å². The highest BCUT2D eigenvalue weighted by molar-refractivity contribution is 5.72. The molecule has 0 bridgehead atoms. The molecule has 1 aromatic rings. The van der Waals surface area contributed by atoms with Crippen LogP contribution in [0.1, 0.15) is 12.5 Å². The molecule has 1 aromatic carbocycles. The summed E-state index contributed by atoms with van der Waals surface area (Å²) in [4.78, 5) is 14.8. The summed E-state index contributed by atoms with van der Waals surface area (Å²) in [6, 6.07) is 8.43. The molecular formula is C13H20N2O. The van der Waals surface area contributed by atoms with Crippen LogP contribution in [0.15, 0.2) is 24.3 Å². The number of likely N-dealkylation sites (N-methyl/N-ethyl adjacent to an activating group) is 1. The lowest BCUT2D eigenvalue weighted by Crippen LogP contribution is -2.26. The van der Waals surface area contributed by atoms with Gasteiger partial charge in [-0.1, -0.05) is 12.1 Å². The van der Waals surface area contributed by atoms with E-state index in [-0.39, 0.29) is 5.91 Å². The van der Waals surface area contributed by atoms with Gasteiger partial charge in [-0.2, -0.15) is 0 Å². The van der Waals surface area contributed by atoms with E-state index in [4.69, 9.17) is 0 Å². The number of nitrogens with zero attached hydrogens (tertiary/aromatic N) is 2. The summed E-state index contributed by atoms with van der Waals surface area (Å²) in [5.41, 5.74) is 2.46. The topological polar surface area (TPSA) is 23.6 Å². The second-order valence-corrected chi connectivity index (χ2v) is 4.25. The van der Waals surface area contributed by atoms with Gasteiger partial charge in [0.1, 0.15) is 0 Å². The van der Waals surface area contributed by atoms with Gasteiger partial charge in [0.05, 0.1) is 0 Å². The molecule has 3 nitrogen and oxygen atoms in total. The normalized spacial score (nSPS) is 10.0. The van der Waals surface area contributed by atoms with Crippen molar-refractivity contribution in [3.05, 3.63) is 29.8 Å². The second-order valence-electron chi connectivity index (χ2n) is 4.25. The van der Waals surface area contributed by atoms with E-state index < -0.39 is 0 Å². The van der Waals surface area contributed by atoms with Gasteiger partial charge in [-0.25, -0.2) is 0 Å². The standard InChI is InChI=1S/C13H20N2O/c1-11(16)15(4)10-9-12-5-7-13(8-6-12)14(2)3/h5-8H,9-10H2,1-4H3. The first-order valence-corrected chi connectivity index (χ1v) is 5.48. The van der Waals surface area contributed by atoms with Crippen LogP contribution in [0.2, 0.25) is 0 Å². The predicted octanol–water partition coefficient (Wildman–Crippen LogP) is 1.77. The number of rotatable bonds is 4. The molecule has 0 saturated heterocycles. The Hall–Kier alpha value is -1.51. The van der Waals surface area contributed by atoms with Crippen molar-refractivity contribution < 1.29 is 4.79 Å². The molecule has 0 N–H and O–H groups in total. The van der Waals surface area contributed by atoms with Gasteiger partial charge in [0, 0.05) is 40.3 Å². The Bertz CT molecular complexity index is 343. The van der Waals surface area contributed by atoms with Crippen molar-refractivity contribution in [3.63, 3.8) is 0 Å². The Labute approximate surface area is 97.7 Å². The number of amides is 1. The van der Waals surface area contributed by atoms with Crippen LogP contribution in [0.3, 0.4) is 0 Å². The lowest BCUT2D eigenvalue weighted by Gasteiger charge is -2.15. The SMILES string of the molecule is CC(=O)N(C)CCc1ccc(N(C)C)cc1. The molecule has 0 aromatic heterocycles. The summed E-state index contributed by atoms with van der Waals surface area (Å²) in [6.07, 6.45) is 0.907. The molecule has 0 aliphatic heterocycles. The first-order chi connectivity index (χ1) is 7.50. The highest BCUT2D eigenvalue weighted by atomic mass is 16.2. The lowest BCUT2D eigenvalue weighted by atomic mass is 10.1. The summed E-state index contributed by atoms with van der Waals surface area (Å²) < 4.78 is 0. The molecule has 0 aliphatic rings. The largest absolute Gasteiger partial charge is 0.378 e. The van der Waals surface area contributed by atoms with Gasteiger partial charge < -0.3 is 9.80 Å². The smallest absolute Gasteiger partial charge is 0.219 e. The van der Waals surface area contributed by atoms with E-state index in [1.807, 2.05) is 21.1 Å². The van der Waals surface area contributed by atoms with E-state index in [1.54, 1.807) is 11.8 Å². The van der Waals surface area contributed by atoms with Crippen LogP contribution in [0.25, 0.3) is 0 Å². The number of hydrogen-bond donors (Lipinski definition) is 0. The minimum atomic E-state index is 0.116. The Kier molecular flexibility index (Phi) is 4.35. The third kappa shape index (κ3) is 3.57. The van der Waals surface area contributed by atoms with Gasteiger partial charge in [-0.3, -0.25) is 4.79 Å². The second kappa shape index (κ2) is 5.54. The van der Waals surface area contributed by atoms with E-state index in [9.17, 15) is 4.79 Å². The van der Waals surface area contributed by atoms with Crippen molar-refractivity contribution in [1.29, 1.82) is 0 Å². The van der Waals surface area contributed by atoms with Crippen LogP contribution in [-0.2, 0) is 11.2 Å². The van der Waals surface area contributed by atoms with Crippen LogP contribution in [-0.4, -0.2) is 38.5 Å². The molecule has 0 unspecified atom stereocenters. The Morgan fingerprint density at radius 1 is 1.12 bits per heavy atom. The third-order valence-electron chi connectivity index (χ3n) is 2.73. The predicted molar refractivity (Wildman–Crippen MR) is 67.8 cm³/mol. The molecule has 3 heteroatoms. The van der Waals surface area contributed by atoms with Crippen LogP contribution < -0.4 is 4.90 Å². The molecule has 0 heterocycles. The van der Waals surface area contributed by atoms with Crippen molar-refractivity contribution in [1.82, 2.24) is 4.90 Å². The molecule has 0 aliphatic carbocycles. The van der Waals surface area contributed by atoms with Gasteiger partial charge in [0.25, 0.3) is 0 Å².